The SMILES string of the molecule is Cc1cn(C2C[C@@H](O)[C@@H](C(=O)C(O)c3ccc(Cl)cc3)O2)c(=O)[nH]c1=O. The Bertz CT molecular complexity index is 936. The number of hydrogen-bond acceptors (Lipinski definition) is 6. The average molecular weight is 381 g/mol. The summed E-state index contributed by atoms with van der Waals surface area (Å²) in [5, 5.41) is 20.9. The summed E-state index contributed by atoms with van der Waals surface area (Å²) in [5.74, 6) is -0.725. The van der Waals surface area contributed by atoms with Crippen molar-refractivity contribution in [1.82, 2.24) is 9.55 Å². The molecule has 2 heterocycles. The van der Waals surface area contributed by atoms with Crippen molar-refractivity contribution in [1.29, 1.82) is 0 Å². The standard InChI is InChI=1S/C17H17ClN2O6/c1-8-7-20(17(25)19-16(8)24)12-6-11(21)15(26-12)14(23)13(22)9-2-4-10(18)5-3-9/h2-5,7,11-13,15,21-22H,6H2,1H3,(H,19,24,25)/t11-,12?,13?,15+/m1/s1. The third kappa shape index (κ3) is 3.49. The van der Waals surface area contributed by atoms with Gasteiger partial charge in [-0.2, -0.15) is 0 Å². The zero-order valence-electron chi connectivity index (χ0n) is 13.8. The normalized spacial score (nSPS) is 23.8. The number of H-pyrrole nitrogens is 1. The summed E-state index contributed by atoms with van der Waals surface area (Å²) >= 11 is 5.78. The van der Waals surface area contributed by atoms with Crippen LogP contribution in [0.2, 0.25) is 5.02 Å². The molecule has 2 unspecified atom stereocenters. The Kier molecular flexibility index (Phi) is 5.10. The van der Waals surface area contributed by atoms with Gasteiger partial charge in [-0.1, -0.05) is 23.7 Å². The van der Waals surface area contributed by atoms with Crippen molar-refractivity contribution >= 4 is 17.4 Å². The molecule has 2 aromatic rings. The molecule has 1 aliphatic heterocycles. The Morgan fingerprint density at radius 1 is 1.35 bits per heavy atom. The van der Waals surface area contributed by atoms with Crippen molar-refractivity contribution in [2.24, 2.45) is 0 Å². The molecule has 1 fully saturated rings. The van der Waals surface area contributed by atoms with Crippen LogP contribution < -0.4 is 11.2 Å². The van der Waals surface area contributed by atoms with Gasteiger partial charge in [0.15, 0.2) is 5.78 Å². The minimum absolute atomic E-state index is 0.0326. The summed E-state index contributed by atoms with van der Waals surface area (Å²) in [5.41, 5.74) is -0.617. The molecule has 1 aliphatic rings. The Balaban J connectivity index is 1.81. The van der Waals surface area contributed by atoms with Gasteiger partial charge in [0, 0.05) is 23.2 Å². The molecule has 138 valence electrons. The molecule has 0 radical (unpaired) electrons. The van der Waals surface area contributed by atoms with E-state index >= 15 is 0 Å². The number of aliphatic hydroxyl groups is 2. The van der Waals surface area contributed by atoms with Crippen molar-refractivity contribution < 1.29 is 19.7 Å². The van der Waals surface area contributed by atoms with Crippen molar-refractivity contribution in [3.05, 3.63) is 67.4 Å². The number of ether oxygens (including phenoxy) is 1. The minimum atomic E-state index is -1.50. The first kappa shape index (κ1) is 18.5. The van der Waals surface area contributed by atoms with Gasteiger partial charge in [0.1, 0.15) is 18.4 Å². The number of aromatic nitrogens is 2. The van der Waals surface area contributed by atoms with Gasteiger partial charge in [0.05, 0.1) is 6.10 Å². The van der Waals surface area contributed by atoms with Crippen LogP contribution in [0.15, 0.2) is 40.1 Å². The number of aromatic amines is 1. The lowest BCUT2D eigenvalue weighted by Gasteiger charge is -2.18. The number of carbonyl (C=O) groups excluding carboxylic acids is 1. The van der Waals surface area contributed by atoms with Crippen LogP contribution in [0.25, 0.3) is 0 Å². The second-order valence-corrected chi connectivity index (χ2v) is 6.59. The number of halogens is 1. The highest BCUT2D eigenvalue weighted by Crippen LogP contribution is 2.31. The van der Waals surface area contributed by atoms with Gasteiger partial charge in [-0.05, 0) is 24.6 Å². The van der Waals surface area contributed by atoms with Gasteiger partial charge in [-0.15, -0.1) is 0 Å². The number of carbonyl (C=O) groups is 1. The number of aliphatic hydroxyl groups excluding tert-OH is 2. The summed E-state index contributed by atoms with van der Waals surface area (Å²) in [7, 11) is 0. The topological polar surface area (TPSA) is 122 Å². The van der Waals surface area contributed by atoms with E-state index in [-0.39, 0.29) is 6.42 Å². The molecule has 0 saturated carbocycles. The predicted octanol–water partition coefficient (Wildman–Crippen LogP) is 0.450. The van der Waals surface area contributed by atoms with E-state index in [4.69, 9.17) is 16.3 Å². The molecule has 1 saturated heterocycles. The fraction of sp³-hybridized carbons (Fsp3) is 0.353. The van der Waals surface area contributed by atoms with E-state index in [0.29, 0.717) is 16.1 Å². The van der Waals surface area contributed by atoms with Crippen molar-refractivity contribution in [3.8, 4) is 0 Å². The fourth-order valence-corrected chi connectivity index (χ4v) is 2.97. The van der Waals surface area contributed by atoms with Crippen LogP contribution in [0.4, 0.5) is 0 Å². The number of aryl methyl sites for hydroxylation is 1. The smallest absolute Gasteiger partial charge is 0.330 e. The number of ketones is 1. The van der Waals surface area contributed by atoms with E-state index in [1.54, 1.807) is 0 Å². The molecule has 1 aromatic heterocycles. The van der Waals surface area contributed by atoms with Crippen LogP contribution in [-0.4, -0.2) is 37.8 Å². The van der Waals surface area contributed by atoms with Crippen molar-refractivity contribution in [2.45, 2.75) is 37.9 Å². The third-order valence-electron chi connectivity index (χ3n) is 4.29. The van der Waals surface area contributed by atoms with Gasteiger partial charge in [-0.3, -0.25) is 19.1 Å². The van der Waals surface area contributed by atoms with E-state index in [1.807, 2.05) is 0 Å². The van der Waals surface area contributed by atoms with E-state index in [0.717, 1.165) is 4.57 Å². The van der Waals surface area contributed by atoms with Gasteiger partial charge >= 0.3 is 5.69 Å². The van der Waals surface area contributed by atoms with Crippen LogP contribution >= 0.6 is 11.6 Å². The molecule has 8 nitrogen and oxygen atoms in total. The van der Waals surface area contributed by atoms with Gasteiger partial charge < -0.3 is 14.9 Å². The minimum Gasteiger partial charge on any atom is -0.390 e. The maximum Gasteiger partial charge on any atom is 0.330 e. The summed E-state index contributed by atoms with van der Waals surface area (Å²) in [4.78, 5) is 38.1. The van der Waals surface area contributed by atoms with E-state index in [2.05, 4.69) is 4.98 Å². The lowest BCUT2D eigenvalue weighted by atomic mass is 9.99. The van der Waals surface area contributed by atoms with Crippen LogP contribution in [0, 0.1) is 6.92 Å². The van der Waals surface area contributed by atoms with Crippen LogP contribution in [0.3, 0.4) is 0 Å². The van der Waals surface area contributed by atoms with E-state index in [1.165, 1.54) is 37.4 Å². The number of nitrogens with zero attached hydrogens (tertiary/aromatic N) is 1. The average Bonchev–Trinajstić information content (AvgIpc) is 2.99. The molecular formula is C17H17ClN2O6. The summed E-state index contributed by atoms with van der Waals surface area (Å²) in [6, 6.07) is 6.06. The highest BCUT2D eigenvalue weighted by atomic mass is 35.5. The van der Waals surface area contributed by atoms with Gasteiger partial charge in [0.25, 0.3) is 5.56 Å². The maximum atomic E-state index is 12.5. The molecule has 26 heavy (non-hydrogen) atoms. The molecule has 3 N–H and O–H groups in total. The second kappa shape index (κ2) is 7.16. The predicted molar refractivity (Wildman–Crippen MR) is 92.0 cm³/mol. The molecule has 0 amide bonds. The highest BCUT2D eigenvalue weighted by Gasteiger charge is 2.42. The molecule has 0 aliphatic carbocycles. The molecular weight excluding hydrogens is 364 g/mol. The Labute approximate surface area is 152 Å². The lowest BCUT2D eigenvalue weighted by molar-refractivity contribution is -0.144. The maximum absolute atomic E-state index is 12.5. The zero-order chi connectivity index (χ0) is 19.0. The molecule has 0 spiro atoms. The molecule has 1 aromatic carbocycles. The summed E-state index contributed by atoms with van der Waals surface area (Å²) in [6.07, 6.45) is -3.66. The Morgan fingerprint density at radius 2 is 2.00 bits per heavy atom. The zero-order valence-corrected chi connectivity index (χ0v) is 14.5. The number of nitrogens with one attached hydrogen (secondary N) is 1. The molecule has 0 bridgehead atoms. The first-order valence-corrected chi connectivity index (χ1v) is 8.28. The Hall–Kier alpha value is -2.26. The van der Waals surface area contributed by atoms with E-state index in [9.17, 15) is 24.6 Å². The quantitative estimate of drug-likeness (QED) is 0.708. The fourth-order valence-electron chi connectivity index (χ4n) is 2.85. The van der Waals surface area contributed by atoms with Gasteiger partial charge in [-0.25, -0.2) is 4.79 Å². The van der Waals surface area contributed by atoms with Crippen molar-refractivity contribution in [2.75, 3.05) is 0 Å². The van der Waals surface area contributed by atoms with Crippen LogP contribution in [0.1, 0.15) is 29.9 Å². The summed E-state index contributed by atoms with van der Waals surface area (Å²) < 4.78 is 6.63. The first-order valence-electron chi connectivity index (χ1n) is 7.91. The second-order valence-electron chi connectivity index (χ2n) is 6.15. The largest absolute Gasteiger partial charge is 0.390 e. The highest BCUT2D eigenvalue weighted by molar-refractivity contribution is 6.30. The molecule has 4 atom stereocenters. The monoisotopic (exact) mass is 380 g/mol. The van der Waals surface area contributed by atoms with Crippen molar-refractivity contribution in [3.63, 3.8) is 0 Å². The van der Waals surface area contributed by atoms with Crippen LogP contribution in [0.5, 0.6) is 0 Å². The Morgan fingerprint density at radius 3 is 2.65 bits per heavy atom. The number of rotatable bonds is 4. The van der Waals surface area contributed by atoms with Gasteiger partial charge in [0.2, 0.25) is 0 Å². The molecule has 9 heteroatoms. The number of hydrogen-bond donors (Lipinski definition) is 3. The number of Topliss-reactive ketones (excluding diaryl/α,β-unsaturated/α-hetero) is 1. The third-order valence-corrected chi connectivity index (χ3v) is 4.54. The first-order chi connectivity index (χ1) is 12.3. The summed E-state index contributed by atoms with van der Waals surface area (Å²) in [6.45, 7) is 1.52. The molecule has 3 rings (SSSR count). The van der Waals surface area contributed by atoms with E-state index < -0.39 is 41.6 Å². The van der Waals surface area contributed by atoms with Crippen LogP contribution in [-0.2, 0) is 9.53 Å². The number of benzene rings is 1. The lowest BCUT2D eigenvalue weighted by Crippen LogP contribution is -2.35.